The predicted octanol–water partition coefficient (Wildman–Crippen LogP) is 5.91. The summed E-state index contributed by atoms with van der Waals surface area (Å²) in [6, 6.07) is 2.75. The first-order valence-electron chi connectivity index (χ1n) is 8.68. The van der Waals surface area contributed by atoms with Crippen LogP contribution in [-0.2, 0) is 19.4 Å². The van der Waals surface area contributed by atoms with Gasteiger partial charge in [-0.05, 0) is 25.5 Å². The predicted molar refractivity (Wildman–Crippen MR) is 95.7 cm³/mol. The maximum atomic E-state index is 13.2. The van der Waals surface area contributed by atoms with E-state index in [0.717, 1.165) is 13.8 Å². The van der Waals surface area contributed by atoms with Crippen molar-refractivity contribution >= 4 is 11.6 Å². The number of hydrogen-bond donors (Lipinski definition) is 0. The first-order valence-corrected chi connectivity index (χ1v) is 9.06. The Morgan fingerprint density at radius 1 is 1.18 bits per heavy atom. The maximum absolute atomic E-state index is 13.2. The van der Waals surface area contributed by atoms with Crippen LogP contribution in [0.2, 0.25) is 5.02 Å². The van der Waals surface area contributed by atoms with Gasteiger partial charge in [0.25, 0.3) is 0 Å². The van der Waals surface area contributed by atoms with Gasteiger partial charge in [-0.1, -0.05) is 32.4 Å². The Morgan fingerprint density at radius 2 is 1.82 bits per heavy atom. The van der Waals surface area contributed by atoms with Gasteiger partial charge in [0.15, 0.2) is 0 Å². The minimum atomic E-state index is -4.47. The van der Waals surface area contributed by atoms with Crippen molar-refractivity contribution < 1.29 is 26.7 Å². The molecule has 28 heavy (non-hydrogen) atoms. The summed E-state index contributed by atoms with van der Waals surface area (Å²) in [6.07, 6.45) is -4.44. The van der Waals surface area contributed by atoms with Crippen molar-refractivity contribution in [3.63, 3.8) is 0 Å². The molecular weight excluding hydrogens is 405 g/mol. The van der Waals surface area contributed by atoms with Gasteiger partial charge >= 0.3 is 12.8 Å². The van der Waals surface area contributed by atoms with Gasteiger partial charge in [0.2, 0.25) is 5.88 Å². The SMILES string of the molecule is CCc1nn(CC)c(-c2ccc(CC(C)(C)C(F)(F)F)nc2OC(F)F)c1Cl. The number of alkyl halides is 5. The van der Waals surface area contributed by atoms with Gasteiger partial charge in [0, 0.05) is 18.7 Å². The molecule has 0 bridgehead atoms. The van der Waals surface area contributed by atoms with Crippen LogP contribution in [0.25, 0.3) is 11.3 Å². The molecule has 2 aromatic heterocycles. The second-order valence-electron chi connectivity index (χ2n) is 6.87. The van der Waals surface area contributed by atoms with E-state index in [-0.39, 0.29) is 16.3 Å². The fourth-order valence-corrected chi connectivity index (χ4v) is 3.06. The summed E-state index contributed by atoms with van der Waals surface area (Å²) >= 11 is 6.35. The third kappa shape index (κ3) is 4.56. The Bertz CT molecular complexity index is 833. The van der Waals surface area contributed by atoms with Crippen LogP contribution in [0.4, 0.5) is 22.0 Å². The highest BCUT2D eigenvalue weighted by atomic mass is 35.5. The molecule has 4 nitrogen and oxygen atoms in total. The molecule has 0 spiro atoms. The second kappa shape index (κ2) is 8.23. The molecule has 0 saturated carbocycles. The molecule has 0 aromatic carbocycles. The highest BCUT2D eigenvalue weighted by Gasteiger charge is 2.47. The standard InChI is InChI=1S/C18H21ClF5N3O/c1-5-12-13(19)14(27(6-2)26-12)11-8-7-10(25-15(11)28-16(20)21)9-17(3,4)18(22,23)24/h7-8,16H,5-6,9H2,1-4H3. The van der Waals surface area contributed by atoms with Crippen molar-refractivity contribution in [1.82, 2.24) is 14.8 Å². The lowest BCUT2D eigenvalue weighted by Crippen LogP contribution is -2.34. The van der Waals surface area contributed by atoms with E-state index >= 15 is 0 Å². The summed E-state index contributed by atoms with van der Waals surface area (Å²) in [4.78, 5) is 3.94. The third-order valence-electron chi connectivity index (χ3n) is 4.36. The lowest BCUT2D eigenvalue weighted by molar-refractivity contribution is -0.211. The number of pyridine rings is 1. The van der Waals surface area contributed by atoms with E-state index in [0.29, 0.717) is 24.4 Å². The molecule has 2 heterocycles. The average molecular weight is 426 g/mol. The number of ether oxygens (including phenoxy) is 1. The Morgan fingerprint density at radius 3 is 2.32 bits per heavy atom. The van der Waals surface area contributed by atoms with Crippen LogP contribution in [-0.4, -0.2) is 27.6 Å². The van der Waals surface area contributed by atoms with Crippen molar-refractivity contribution in [2.75, 3.05) is 0 Å². The first kappa shape index (κ1) is 22.4. The number of halogens is 6. The molecule has 2 aromatic rings. The van der Waals surface area contributed by atoms with E-state index in [2.05, 4.69) is 14.8 Å². The maximum Gasteiger partial charge on any atom is 0.394 e. The monoisotopic (exact) mass is 425 g/mol. The van der Waals surface area contributed by atoms with Crippen LogP contribution in [0.15, 0.2) is 12.1 Å². The van der Waals surface area contributed by atoms with E-state index < -0.39 is 30.5 Å². The highest BCUT2D eigenvalue weighted by Crippen LogP contribution is 2.41. The van der Waals surface area contributed by atoms with E-state index in [9.17, 15) is 22.0 Å². The van der Waals surface area contributed by atoms with Crippen molar-refractivity contribution in [3.05, 3.63) is 28.5 Å². The van der Waals surface area contributed by atoms with Crippen LogP contribution in [0, 0.1) is 5.41 Å². The molecule has 0 aliphatic heterocycles. The van der Waals surface area contributed by atoms with Gasteiger partial charge in [-0.3, -0.25) is 4.68 Å². The number of rotatable bonds is 7. The zero-order valence-electron chi connectivity index (χ0n) is 15.9. The normalized spacial score (nSPS) is 12.7. The van der Waals surface area contributed by atoms with Crippen LogP contribution in [0.3, 0.4) is 0 Å². The van der Waals surface area contributed by atoms with Crippen molar-refractivity contribution in [1.29, 1.82) is 0 Å². The Kier molecular flexibility index (Phi) is 6.58. The zero-order chi connectivity index (χ0) is 21.3. The van der Waals surface area contributed by atoms with Gasteiger partial charge in [0.05, 0.1) is 27.4 Å². The molecule has 0 unspecified atom stereocenters. The first-order chi connectivity index (χ1) is 12.9. The summed E-state index contributed by atoms with van der Waals surface area (Å²) in [7, 11) is 0. The number of hydrogen-bond acceptors (Lipinski definition) is 3. The molecule has 0 aliphatic rings. The fraction of sp³-hybridized carbons (Fsp3) is 0.556. The van der Waals surface area contributed by atoms with Gasteiger partial charge in [-0.2, -0.15) is 27.1 Å². The van der Waals surface area contributed by atoms with Gasteiger partial charge in [0.1, 0.15) is 0 Å². The van der Waals surface area contributed by atoms with Gasteiger partial charge < -0.3 is 4.74 Å². The van der Waals surface area contributed by atoms with Crippen molar-refractivity contribution in [2.24, 2.45) is 5.41 Å². The topological polar surface area (TPSA) is 39.9 Å². The smallest absolute Gasteiger partial charge is 0.394 e. The Labute approximate surface area is 164 Å². The number of aromatic nitrogens is 3. The molecule has 0 amide bonds. The van der Waals surface area contributed by atoms with Crippen LogP contribution in [0.1, 0.15) is 39.1 Å². The van der Waals surface area contributed by atoms with Crippen molar-refractivity contribution in [3.8, 4) is 17.1 Å². The van der Waals surface area contributed by atoms with Gasteiger partial charge in [-0.15, -0.1) is 0 Å². The molecule has 0 fully saturated rings. The van der Waals surface area contributed by atoms with Crippen molar-refractivity contribution in [2.45, 2.75) is 59.9 Å². The second-order valence-corrected chi connectivity index (χ2v) is 7.25. The summed E-state index contributed by atoms with van der Waals surface area (Å²) < 4.78 is 71.4. The number of aryl methyl sites for hydroxylation is 2. The third-order valence-corrected chi connectivity index (χ3v) is 4.76. The van der Waals surface area contributed by atoms with E-state index in [1.165, 1.54) is 16.8 Å². The quantitative estimate of drug-likeness (QED) is 0.517. The lowest BCUT2D eigenvalue weighted by atomic mass is 9.87. The van der Waals surface area contributed by atoms with Crippen LogP contribution in [0.5, 0.6) is 5.88 Å². The molecule has 0 atom stereocenters. The van der Waals surface area contributed by atoms with Crippen LogP contribution >= 0.6 is 11.6 Å². The molecule has 10 heteroatoms. The number of nitrogens with zero attached hydrogens (tertiary/aromatic N) is 3. The summed E-state index contributed by atoms with van der Waals surface area (Å²) in [5, 5.41) is 4.59. The van der Waals surface area contributed by atoms with E-state index in [4.69, 9.17) is 11.6 Å². The minimum absolute atomic E-state index is 0.0175. The van der Waals surface area contributed by atoms with Gasteiger partial charge in [-0.25, -0.2) is 4.98 Å². The minimum Gasteiger partial charge on any atom is -0.416 e. The molecule has 2 rings (SSSR count). The Balaban J connectivity index is 2.57. The molecule has 0 aliphatic carbocycles. The highest BCUT2D eigenvalue weighted by molar-refractivity contribution is 6.33. The molecule has 0 N–H and O–H groups in total. The largest absolute Gasteiger partial charge is 0.416 e. The molecule has 156 valence electrons. The summed E-state index contributed by atoms with van der Waals surface area (Å²) in [5.41, 5.74) is -1.04. The lowest BCUT2D eigenvalue weighted by Gasteiger charge is -2.27. The molecular formula is C18H21ClF5N3O. The Hall–Kier alpha value is -1.90. The average Bonchev–Trinajstić information content (AvgIpc) is 2.89. The zero-order valence-corrected chi connectivity index (χ0v) is 16.6. The summed E-state index contributed by atoms with van der Waals surface area (Å²) in [6.45, 7) is 2.90. The molecule has 0 saturated heterocycles. The van der Waals surface area contributed by atoms with E-state index in [1.54, 1.807) is 6.92 Å². The summed E-state index contributed by atoms with van der Waals surface area (Å²) in [5.74, 6) is -0.482. The van der Waals surface area contributed by atoms with Crippen LogP contribution < -0.4 is 4.74 Å². The molecule has 0 radical (unpaired) electrons. The van der Waals surface area contributed by atoms with E-state index in [1.807, 2.05) is 6.92 Å². The fourth-order valence-electron chi connectivity index (χ4n) is 2.69.